The smallest absolute Gasteiger partial charge is 0.307 e. The molecule has 0 amide bonds. The van der Waals surface area contributed by atoms with Gasteiger partial charge in [-0.1, -0.05) is 28.1 Å². The van der Waals surface area contributed by atoms with Crippen LogP contribution in [0.2, 0.25) is 0 Å². The van der Waals surface area contributed by atoms with Crippen LogP contribution in [0.15, 0.2) is 18.2 Å². The van der Waals surface area contributed by atoms with E-state index in [1.54, 1.807) is 18.2 Å². The molecule has 0 saturated heterocycles. The summed E-state index contributed by atoms with van der Waals surface area (Å²) >= 11 is 3.26. The molecule has 1 N–H and O–H groups in total. The lowest BCUT2D eigenvalue weighted by molar-refractivity contribution is -0.136. The Morgan fingerprint density at radius 1 is 1.50 bits per heavy atom. The number of hydrogen-bond acceptors (Lipinski definition) is 2. The summed E-state index contributed by atoms with van der Waals surface area (Å²) in [5.74, 6) is -0.931. The average molecular weight is 257 g/mol. The van der Waals surface area contributed by atoms with Crippen molar-refractivity contribution in [1.29, 1.82) is 0 Å². The third kappa shape index (κ3) is 2.67. The molecule has 1 aromatic carbocycles. The molecule has 0 aliphatic rings. The predicted molar refractivity (Wildman–Crippen MR) is 55.8 cm³/mol. The monoisotopic (exact) mass is 256 g/mol. The number of aliphatic carboxylic acids is 1. The van der Waals surface area contributed by atoms with Gasteiger partial charge in [0.25, 0.3) is 0 Å². The second-order valence-corrected chi connectivity index (χ2v) is 3.42. The standard InChI is InChI=1S/C10H9BrO3/c11-5-7-1-2-8(4-10(13)14)9(3-7)6-12/h1-3,6H,4-5H2,(H,13,14). The molecule has 1 aromatic rings. The minimum atomic E-state index is -0.931. The predicted octanol–water partition coefficient (Wildman–Crippen LogP) is 2.02. The third-order valence-electron chi connectivity index (χ3n) is 1.83. The van der Waals surface area contributed by atoms with Crippen molar-refractivity contribution in [2.75, 3.05) is 0 Å². The topological polar surface area (TPSA) is 54.4 Å². The van der Waals surface area contributed by atoms with Gasteiger partial charge in [0.15, 0.2) is 0 Å². The lowest BCUT2D eigenvalue weighted by Crippen LogP contribution is -2.03. The molecule has 0 unspecified atom stereocenters. The van der Waals surface area contributed by atoms with Crippen molar-refractivity contribution < 1.29 is 14.7 Å². The SMILES string of the molecule is O=Cc1cc(CBr)ccc1CC(=O)O. The molecule has 0 bridgehead atoms. The summed E-state index contributed by atoms with van der Waals surface area (Å²) in [7, 11) is 0. The number of hydrogen-bond donors (Lipinski definition) is 1. The molecule has 74 valence electrons. The lowest BCUT2D eigenvalue weighted by atomic mass is 10.0. The molecule has 0 aliphatic heterocycles. The molecule has 3 nitrogen and oxygen atoms in total. The number of rotatable bonds is 4. The highest BCUT2D eigenvalue weighted by Crippen LogP contribution is 2.13. The summed E-state index contributed by atoms with van der Waals surface area (Å²) in [6.07, 6.45) is 0.571. The average Bonchev–Trinajstić information content (AvgIpc) is 2.17. The van der Waals surface area contributed by atoms with Gasteiger partial charge in [0.1, 0.15) is 6.29 Å². The Kier molecular flexibility index (Phi) is 3.83. The van der Waals surface area contributed by atoms with Crippen LogP contribution in [0.1, 0.15) is 21.5 Å². The maximum Gasteiger partial charge on any atom is 0.307 e. The van der Waals surface area contributed by atoms with Crippen molar-refractivity contribution in [2.24, 2.45) is 0 Å². The zero-order valence-corrected chi connectivity index (χ0v) is 8.95. The molecule has 14 heavy (non-hydrogen) atoms. The Hall–Kier alpha value is -1.16. The summed E-state index contributed by atoms with van der Waals surface area (Å²) in [4.78, 5) is 21.1. The highest BCUT2D eigenvalue weighted by Gasteiger charge is 2.06. The molecule has 0 atom stereocenters. The van der Waals surface area contributed by atoms with Crippen LogP contribution in [-0.2, 0) is 16.5 Å². The number of carboxylic acids is 1. The minimum absolute atomic E-state index is 0.114. The number of carbonyl (C=O) groups is 2. The fourth-order valence-electron chi connectivity index (χ4n) is 1.16. The Morgan fingerprint density at radius 3 is 2.71 bits per heavy atom. The van der Waals surface area contributed by atoms with Gasteiger partial charge in [-0.2, -0.15) is 0 Å². The van der Waals surface area contributed by atoms with Gasteiger partial charge in [0, 0.05) is 10.9 Å². The molecule has 0 saturated carbocycles. The summed E-state index contributed by atoms with van der Waals surface area (Å²) in [5.41, 5.74) is 1.96. The highest BCUT2D eigenvalue weighted by molar-refractivity contribution is 9.08. The third-order valence-corrected chi connectivity index (χ3v) is 2.48. The van der Waals surface area contributed by atoms with Crippen molar-refractivity contribution >= 4 is 28.2 Å². The van der Waals surface area contributed by atoms with Gasteiger partial charge in [-0.3, -0.25) is 9.59 Å². The van der Waals surface area contributed by atoms with Gasteiger partial charge in [-0.05, 0) is 17.2 Å². The van der Waals surface area contributed by atoms with Gasteiger partial charge < -0.3 is 5.11 Å². The summed E-state index contributed by atoms with van der Waals surface area (Å²) in [5, 5.41) is 9.24. The van der Waals surface area contributed by atoms with Crippen molar-refractivity contribution in [1.82, 2.24) is 0 Å². The van der Waals surface area contributed by atoms with E-state index in [1.165, 1.54) is 0 Å². The van der Waals surface area contributed by atoms with Crippen LogP contribution < -0.4 is 0 Å². The molecular weight excluding hydrogens is 248 g/mol. The first kappa shape index (κ1) is 10.9. The van der Waals surface area contributed by atoms with E-state index in [-0.39, 0.29) is 6.42 Å². The maximum atomic E-state index is 10.7. The molecule has 0 aromatic heterocycles. The first-order chi connectivity index (χ1) is 6.67. The molecule has 0 radical (unpaired) electrons. The van der Waals surface area contributed by atoms with Crippen LogP contribution in [0.25, 0.3) is 0 Å². The van der Waals surface area contributed by atoms with Gasteiger partial charge >= 0.3 is 5.97 Å². The van der Waals surface area contributed by atoms with Crippen LogP contribution in [0, 0.1) is 0 Å². The molecule has 0 spiro atoms. The molecule has 1 rings (SSSR count). The van der Waals surface area contributed by atoms with E-state index in [0.29, 0.717) is 22.7 Å². The van der Waals surface area contributed by atoms with E-state index in [1.807, 2.05) is 0 Å². The Morgan fingerprint density at radius 2 is 2.21 bits per heavy atom. The number of benzene rings is 1. The summed E-state index contributed by atoms with van der Waals surface area (Å²) in [6, 6.07) is 5.18. The van der Waals surface area contributed by atoms with E-state index in [9.17, 15) is 9.59 Å². The van der Waals surface area contributed by atoms with Crippen molar-refractivity contribution in [3.63, 3.8) is 0 Å². The van der Waals surface area contributed by atoms with Crippen molar-refractivity contribution in [3.8, 4) is 0 Å². The zero-order valence-electron chi connectivity index (χ0n) is 7.37. The van der Waals surface area contributed by atoms with E-state index in [4.69, 9.17) is 5.11 Å². The molecule has 4 heteroatoms. The largest absolute Gasteiger partial charge is 0.481 e. The molecule has 0 heterocycles. The number of carboxylic acid groups (broad SMARTS) is 1. The number of aldehydes is 1. The van der Waals surface area contributed by atoms with Gasteiger partial charge in [-0.25, -0.2) is 0 Å². The van der Waals surface area contributed by atoms with E-state index in [0.717, 1.165) is 5.56 Å². The van der Waals surface area contributed by atoms with Crippen LogP contribution >= 0.6 is 15.9 Å². The number of carbonyl (C=O) groups excluding carboxylic acids is 1. The first-order valence-electron chi connectivity index (χ1n) is 4.02. The quantitative estimate of drug-likeness (QED) is 0.663. The van der Waals surface area contributed by atoms with Crippen molar-refractivity contribution in [3.05, 3.63) is 34.9 Å². The highest BCUT2D eigenvalue weighted by atomic mass is 79.9. The Labute approximate surface area is 89.9 Å². The Bertz CT molecular complexity index is 360. The molecule has 0 fully saturated rings. The van der Waals surface area contributed by atoms with Crippen LogP contribution in [0.5, 0.6) is 0 Å². The number of alkyl halides is 1. The van der Waals surface area contributed by atoms with E-state index < -0.39 is 5.97 Å². The summed E-state index contributed by atoms with van der Waals surface area (Å²) in [6.45, 7) is 0. The van der Waals surface area contributed by atoms with Gasteiger partial charge in [0.05, 0.1) is 6.42 Å². The van der Waals surface area contributed by atoms with Crippen LogP contribution in [-0.4, -0.2) is 17.4 Å². The second-order valence-electron chi connectivity index (χ2n) is 2.86. The van der Waals surface area contributed by atoms with Crippen LogP contribution in [0.3, 0.4) is 0 Å². The van der Waals surface area contributed by atoms with Gasteiger partial charge in [0.2, 0.25) is 0 Å². The fourth-order valence-corrected chi connectivity index (χ4v) is 1.51. The van der Waals surface area contributed by atoms with Crippen molar-refractivity contribution in [2.45, 2.75) is 11.8 Å². The second kappa shape index (κ2) is 4.91. The summed E-state index contributed by atoms with van der Waals surface area (Å²) < 4.78 is 0. The number of halogens is 1. The first-order valence-corrected chi connectivity index (χ1v) is 5.14. The maximum absolute atomic E-state index is 10.7. The van der Waals surface area contributed by atoms with Gasteiger partial charge in [-0.15, -0.1) is 0 Å². The minimum Gasteiger partial charge on any atom is -0.481 e. The van der Waals surface area contributed by atoms with Crippen LogP contribution in [0.4, 0.5) is 0 Å². The zero-order chi connectivity index (χ0) is 10.6. The molecule has 0 aliphatic carbocycles. The fraction of sp³-hybridized carbons (Fsp3) is 0.200. The van der Waals surface area contributed by atoms with E-state index in [2.05, 4.69) is 15.9 Å². The Balaban J connectivity index is 3.04. The molecular formula is C10H9BrO3. The lowest BCUT2D eigenvalue weighted by Gasteiger charge is -2.03. The normalized spacial score (nSPS) is 9.79. The van der Waals surface area contributed by atoms with E-state index >= 15 is 0 Å².